The zero-order valence-corrected chi connectivity index (χ0v) is 7.19. The van der Waals surface area contributed by atoms with Gasteiger partial charge in [0.15, 0.2) is 0 Å². The van der Waals surface area contributed by atoms with Crippen molar-refractivity contribution in [2.75, 3.05) is 0 Å². The van der Waals surface area contributed by atoms with Gasteiger partial charge in [0.25, 0.3) is 0 Å². The monoisotopic (exact) mass is 138 g/mol. The predicted octanol–water partition coefficient (Wildman–Crippen LogP) is 3.22. The molecule has 0 N–H and O–H groups in total. The Kier molecular flexibility index (Phi) is 1.33. The number of hydrogen-bond donors (Lipinski definition) is 0. The quantitative estimate of drug-likeness (QED) is 0.482. The molecule has 2 rings (SSSR count). The minimum absolute atomic E-state index is 0.753. The van der Waals surface area contributed by atoms with Crippen LogP contribution in [-0.2, 0) is 0 Å². The van der Waals surface area contributed by atoms with Crippen molar-refractivity contribution in [3.8, 4) is 0 Å². The van der Waals surface area contributed by atoms with E-state index in [0.717, 1.165) is 17.3 Å². The summed E-state index contributed by atoms with van der Waals surface area (Å²) in [4.78, 5) is 0. The van der Waals surface area contributed by atoms with Crippen LogP contribution in [0.4, 0.5) is 0 Å². The van der Waals surface area contributed by atoms with Gasteiger partial charge in [-0.05, 0) is 36.5 Å². The Labute approximate surface area is 64.0 Å². The number of hydrogen-bond acceptors (Lipinski definition) is 0. The van der Waals surface area contributed by atoms with Crippen LogP contribution in [0.15, 0.2) is 0 Å². The van der Waals surface area contributed by atoms with E-state index in [4.69, 9.17) is 0 Å². The Hall–Kier alpha value is 0. The highest BCUT2D eigenvalue weighted by molar-refractivity contribution is 4.93. The van der Waals surface area contributed by atoms with E-state index in [0.29, 0.717) is 0 Å². The minimum Gasteiger partial charge on any atom is -0.0620 e. The van der Waals surface area contributed by atoms with E-state index in [9.17, 15) is 0 Å². The molecule has 10 heavy (non-hydrogen) atoms. The highest BCUT2D eigenvalue weighted by atomic mass is 14.5. The molecule has 0 amide bonds. The standard InChI is InChI=1S/C10H18/c1-8-6-9-4-3-5-10(8,2)7-9/h8-9H,3-7H2,1-2H3/t8-,9+,10+/m1/s1. The van der Waals surface area contributed by atoms with Gasteiger partial charge in [0.1, 0.15) is 0 Å². The molecule has 2 aliphatic rings. The number of fused-ring (bicyclic) bond motifs is 2. The van der Waals surface area contributed by atoms with Crippen molar-refractivity contribution >= 4 is 0 Å². The normalized spacial score (nSPS) is 53.4. The van der Waals surface area contributed by atoms with Crippen molar-refractivity contribution in [3.63, 3.8) is 0 Å². The highest BCUT2D eigenvalue weighted by Crippen LogP contribution is 2.54. The Morgan fingerprint density at radius 3 is 2.80 bits per heavy atom. The lowest BCUT2D eigenvalue weighted by Crippen LogP contribution is -2.21. The fraction of sp³-hybridized carbons (Fsp3) is 1.00. The van der Waals surface area contributed by atoms with E-state index in [-0.39, 0.29) is 0 Å². The Bertz CT molecular complexity index is 139. The molecular weight excluding hydrogens is 120 g/mol. The maximum Gasteiger partial charge on any atom is -0.0297 e. The second-order valence-electron chi connectivity index (χ2n) is 4.75. The fourth-order valence-corrected chi connectivity index (χ4v) is 3.09. The van der Waals surface area contributed by atoms with Crippen LogP contribution in [0.3, 0.4) is 0 Å². The highest BCUT2D eigenvalue weighted by Gasteiger charge is 2.43. The van der Waals surface area contributed by atoms with Crippen LogP contribution < -0.4 is 0 Å². The second kappa shape index (κ2) is 1.99. The maximum absolute atomic E-state index is 2.50. The lowest BCUT2D eigenvalue weighted by atomic mass is 9.74. The molecule has 3 atom stereocenters. The molecule has 58 valence electrons. The second-order valence-corrected chi connectivity index (χ2v) is 4.75. The van der Waals surface area contributed by atoms with Crippen LogP contribution in [0.2, 0.25) is 0 Å². The van der Waals surface area contributed by atoms with Gasteiger partial charge in [0.05, 0.1) is 0 Å². The van der Waals surface area contributed by atoms with Crippen molar-refractivity contribution in [1.82, 2.24) is 0 Å². The van der Waals surface area contributed by atoms with Crippen molar-refractivity contribution in [2.24, 2.45) is 17.3 Å². The van der Waals surface area contributed by atoms with Crippen LogP contribution in [0.1, 0.15) is 46.0 Å². The molecule has 2 bridgehead atoms. The van der Waals surface area contributed by atoms with E-state index < -0.39 is 0 Å². The first kappa shape index (κ1) is 6.69. The van der Waals surface area contributed by atoms with Gasteiger partial charge in [-0.3, -0.25) is 0 Å². The first-order chi connectivity index (χ1) is 4.71. The zero-order valence-electron chi connectivity index (χ0n) is 7.19. The first-order valence-electron chi connectivity index (χ1n) is 4.71. The molecule has 0 saturated heterocycles. The van der Waals surface area contributed by atoms with Crippen molar-refractivity contribution in [3.05, 3.63) is 0 Å². The summed E-state index contributed by atoms with van der Waals surface area (Å²) in [6.45, 7) is 4.95. The largest absolute Gasteiger partial charge is 0.0620 e. The SMILES string of the molecule is C[C@@H]1C[C@@H]2CCC[C@@]1(C)C2. The zero-order chi connectivity index (χ0) is 7.19. The van der Waals surface area contributed by atoms with E-state index in [1.165, 1.54) is 32.1 Å². The lowest BCUT2D eigenvalue weighted by Gasteiger charge is -2.31. The van der Waals surface area contributed by atoms with Gasteiger partial charge in [-0.25, -0.2) is 0 Å². The van der Waals surface area contributed by atoms with Gasteiger partial charge < -0.3 is 0 Å². The van der Waals surface area contributed by atoms with Crippen LogP contribution >= 0.6 is 0 Å². The van der Waals surface area contributed by atoms with Crippen molar-refractivity contribution < 1.29 is 0 Å². The molecule has 2 aliphatic carbocycles. The van der Waals surface area contributed by atoms with Gasteiger partial charge in [0.2, 0.25) is 0 Å². The van der Waals surface area contributed by atoms with E-state index in [2.05, 4.69) is 13.8 Å². The van der Waals surface area contributed by atoms with Crippen LogP contribution in [0.25, 0.3) is 0 Å². The number of rotatable bonds is 0. The minimum atomic E-state index is 0.753. The van der Waals surface area contributed by atoms with Crippen molar-refractivity contribution in [2.45, 2.75) is 46.0 Å². The molecule has 0 aromatic carbocycles. The fourth-order valence-electron chi connectivity index (χ4n) is 3.09. The summed E-state index contributed by atoms with van der Waals surface area (Å²) in [5.41, 5.74) is 0.753. The van der Waals surface area contributed by atoms with Gasteiger partial charge >= 0.3 is 0 Å². The van der Waals surface area contributed by atoms with Crippen LogP contribution in [-0.4, -0.2) is 0 Å². The Morgan fingerprint density at radius 1 is 1.40 bits per heavy atom. The van der Waals surface area contributed by atoms with Gasteiger partial charge in [-0.1, -0.05) is 26.7 Å². The Morgan fingerprint density at radius 2 is 2.20 bits per heavy atom. The summed E-state index contributed by atoms with van der Waals surface area (Å²) in [6.07, 6.45) is 7.60. The van der Waals surface area contributed by atoms with Crippen molar-refractivity contribution in [1.29, 1.82) is 0 Å². The van der Waals surface area contributed by atoms with Crippen LogP contribution in [0.5, 0.6) is 0 Å². The van der Waals surface area contributed by atoms with E-state index in [1.807, 2.05) is 0 Å². The first-order valence-corrected chi connectivity index (χ1v) is 4.71. The van der Waals surface area contributed by atoms with E-state index >= 15 is 0 Å². The molecule has 2 fully saturated rings. The molecule has 0 aromatic heterocycles. The molecule has 2 saturated carbocycles. The molecule has 0 heterocycles. The maximum atomic E-state index is 2.50. The van der Waals surface area contributed by atoms with Gasteiger partial charge in [-0.15, -0.1) is 0 Å². The van der Waals surface area contributed by atoms with Gasteiger partial charge in [0, 0.05) is 0 Å². The molecule has 0 radical (unpaired) electrons. The summed E-state index contributed by atoms with van der Waals surface area (Å²) < 4.78 is 0. The topological polar surface area (TPSA) is 0 Å². The lowest BCUT2D eigenvalue weighted by molar-refractivity contribution is 0.192. The predicted molar refractivity (Wildman–Crippen MR) is 43.8 cm³/mol. The average molecular weight is 138 g/mol. The summed E-state index contributed by atoms with van der Waals surface area (Å²) in [5, 5.41) is 0. The third-order valence-corrected chi connectivity index (χ3v) is 3.99. The van der Waals surface area contributed by atoms with Gasteiger partial charge in [-0.2, -0.15) is 0 Å². The third-order valence-electron chi connectivity index (χ3n) is 3.99. The summed E-state index contributed by atoms with van der Waals surface area (Å²) in [5.74, 6) is 2.12. The molecule has 0 spiro atoms. The summed E-state index contributed by atoms with van der Waals surface area (Å²) in [6, 6.07) is 0. The third kappa shape index (κ3) is 0.810. The summed E-state index contributed by atoms with van der Waals surface area (Å²) in [7, 11) is 0. The smallest absolute Gasteiger partial charge is 0.0297 e. The molecule has 0 nitrogen and oxygen atoms in total. The van der Waals surface area contributed by atoms with E-state index in [1.54, 1.807) is 0 Å². The Balaban J connectivity index is 2.18. The summed E-state index contributed by atoms with van der Waals surface area (Å²) >= 11 is 0. The average Bonchev–Trinajstić information content (AvgIpc) is 2.04. The van der Waals surface area contributed by atoms with Crippen LogP contribution in [0, 0.1) is 17.3 Å². The molecule has 0 heteroatoms. The molecule has 0 unspecified atom stereocenters. The molecule has 0 aliphatic heterocycles. The molecule has 0 aromatic rings. The molecular formula is C10H18.